The van der Waals surface area contributed by atoms with Crippen LogP contribution in [-0.4, -0.2) is 31.7 Å². The van der Waals surface area contributed by atoms with Gasteiger partial charge in [-0.1, -0.05) is 49.7 Å². The van der Waals surface area contributed by atoms with Crippen LogP contribution in [0.2, 0.25) is 0 Å². The number of rotatable bonds is 6. The third-order valence-corrected chi connectivity index (χ3v) is 7.22. The van der Waals surface area contributed by atoms with E-state index in [1.54, 1.807) is 12.1 Å². The van der Waals surface area contributed by atoms with Crippen molar-refractivity contribution in [1.82, 2.24) is 9.62 Å². The van der Waals surface area contributed by atoms with E-state index in [4.69, 9.17) is 0 Å². The molecule has 3 rings (SSSR count). The number of hydrogen-bond donors (Lipinski definition) is 1. The van der Waals surface area contributed by atoms with E-state index in [1.165, 1.54) is 10.4 Å². The molecular formula is C22H28N2O3S. The predicted octanol–water partition coefficient (Wildman–Crippen LogP) is 4.05. The summed E-state index contributed by atoms with van der Waals surface area (Å²) in [6.07, 6.45) is 3.58. The van der Waals surface area contributed by atoms with E-state index in [0.29, 0.717) is 18.7 Å². The second-order valence-electron chi connectivity index (χ2n) is 7.29. The van der Waals surface area contributed by atoms with Crippen molar-refractivity contribution in [3.05, 3.63) is 65.2 Å². The number of nitrogens with zero attached hydrogens (tertiary/aromatic N) is 1. The lowest BCUT2D eigenvalue weighted by molar-refractivity contribution is 0.0934. The number of piperidine rings is 1. The maximum atomic E-state index is 13.0. The molecule has 0 bridgehead atoms. The standard InChI is InChI=1S/C22H28N2O3S/c1-3-21(18-10-6-4-7-11-18)23-22(25)20-16-19(13-12-17(20)2)28(26,27)24-14-8-5-9-15-24/h4,6-7,10-13,16,21H,3,5,8-9,14-15H2,1-2H3,(H,23,25)/t21-/m0/s1. The lowest BCUT2D eigenvalue weighted by Gasteiger charge is -2.26. The summed E-state index contributed by atoms with van der Waals surface area (Å²) in [5.41, 5.74) is 2.21. The number of nitrogens with one attached hydrogen (secondary N) is 1. The first-order valence-corrected chi connectivity index (χ1v) is 11.3. The van der Waals surface area contributed by atoms with Crippen LogP contribution in [0.3, 0.4) is 0 Å². The van der Waals surface area contributed by atoms with Crippen LogP contribution in [0.5, 0.6) is 0 Å². The molecule has 5 nitrogen and oxygen atoms in total. The maximum Gasteiger partial charge on any atom is 0.252 e. The van der Waals surface area contributed by atoms with Gasteiger partial charge in [0.05, 0.1) is 10.9 Å². The maximum absolute atomic E-state index is 13.0. The van der Waals surface area contributed by atoms with Crippen molar-refractivity contribution >= 4 is 15.9 Å². The van der Waals surface area contributed by atoms with Crippen LogP contribution in [0.1, 0.15) is 60.1 Å². The van der Waals surface area contributed by atoms with Gasteiger partial charge in [0.2, 0.25) is 10.0 Å². The molecule has 6 heteroatoms. The minimum absolute atomic E-state index is 0.115. The molecule has 2 aromatic carbocycles. The highest BCUT2D eigenvalue weighted by atomic mass is 32.2. The first-order valence-electron chi connectivity index (χ1n) is 9.90. The molecule has 1 amide bonds. The van der Waals surface area contributed by atoms with E-state index in [2.05, 4.69) is 5.32 Å². The van der Waals surface area contributed by atoms with Crippen molar-refractivity contribution in [2.24, 2.45) is 0 Å². The van der Waals surface area contributed by atoms with E-state index in [1.807, 2.05) is 44.2 Å². The molecule has 2 aromatic rings. The fourth-order valence-electron chi connectivity index (χ4n) is 3.60. The van der Waals surface area contributed by atoms with Crippen molar-refractivity contribution in [2.75, 3.05) is 13.1 Å². The molecule has 1 N–H and O–H groups in total. The molecule has 1 saturated heterocycles. The largest absolute Gasteiger partial charge is 0.345 e. The number of benzene rings is 2. The predicted molar refractivity (Wildman–Crippen MR) is 111 cm³/mol. The summed E-state index contributed by atoms with van der Waals surface area (Å²) in [6.45, 7) is 4.94. The Bertz CT molecular complexity index is 920. The Hall–Kier alpha value is -2.18. The molecule has 1 atom stereocenters. The number of sulfonamides is 1. The summed E-state index contributed by atoms with van der Waals surface area (Å²) in [4.78, 5) is 13.1. The second kappa shape index (κ2) is 8.88. The van der Waals surface area contributed by atoms with Gasteiger partial charge in [-0.2, -0.15) is 4.31 Å². The summed E-state index contributed by atoms with van der Waals surface area (Å²) in [6, 6.07) is 14.5. The number of hydrogen-bond acceptors (Lipinski definition) is 3. The number of amides is 1. The average Bonchev–Trinajstić information content (AvgIpc) is 2.73. The first kappa shape index (κ1) is 20.6. The third kappa shape index (κ3) is 4.45. The van der Waals surface area contributed by atoms with E-state index in [-0.39, 0.29) is 16.8 Å². The van der Waals surface area contributed by atoms with Gasteiger partial charge in [-0.15, -0.1) is 0 Å². The molecule has 0 aromatic heterocycles. The van der Waals surface area contributed by atoms with E-state index in [9.17, 15) is 13.2 Å². The second-order valence-corrected chi connectivity index (χ2v) is 9.22. The Kier molecular flexibility index (Phi) is 6.52. The third-order valence-electron chi connectivity index (χ3n) is 5.32. The fraction of sp³-hybridized carbons (Fsp3) is 0.409. The quantitative estimate of drug-likeness (QED) is 0.795. The van der Waals surface area contributed by atoms with Gasteiger partial charge in [-0.3, -0.25) is 4.79 Å². The SMILES string of the molecule is CC[C@H](NC(=O)c1cc(S(=O)(=O)N2CCCCC2)ccc1C)c1ccccc1. The molecule has 0 spiro atoms. The van der Waals surface area contributed by atoms with Crippen LogP contribution in [0.25, 0.3) is 0 Å². The summed E-state index contributed by atoms with van der Waals surface area (Å²) < 4.78 is 27.5. The van der Waals surface area contributed by atoms with Gasteiger partial charge in [0.15, 0.2) is 0 Å². The van der Waals surface area contributed by atoms with Gasteiger partial charge in [-0.05, 0) is 49.4 Å². The van der Waals surface area contributed by atoms with Crippen molar-refractivity contribution in [3.63, 3.8) is 0 Å². The van der Waals surface area contributed by atoms with E-state index in [0.717, 1.165) is 36.8 Å². The molecule has 1 heterocycles. The highest BCUT2D eigenvalue weighted by Crippen LogP contribution is 2.24. The first-order chi connectivity index (χ1) is 13.4. The monoisotopic (exact) mass is 400 g/mol. The van der Waals surface area contributed by atoms with Crippen LogP contribution in [0, 0.1) is 6.92 Å². The molecule has 28 heavy (non-hydrogen) atoms. The zero-order chi connectivity index (χ0) is 20.1. The van der Waals surface area contributed by atoms with Crippen molar-refractivity contribution < 1.29 is 13.2 Å². The van der Waals surface area contributed by atoms with Crippen molar-refractivity contribution in [3.8, 4) is 0 Å². The Balaban J connectivity index is 1.85. The molecule has 0 saturated carbocycles. The molecule has 0 unspecified atom stereocenters. The van der Waals surface area contributed by atoms with Crippen LogP contribution < -0.4 is 5.32 Å². The zero-order valence-corrected chi connectivity index (χ0v) is 17.3. The Labute approximate surface area is 167 Å². The Morgan fingerprint density at radius 1 is 1.07 bits per heavy atom. The molecule has 150 valence electrons. The van der Waals surface area contributed by atoms with Crippen molar-refractivity contribution in [2.45, 2.75) is 50.5 Å². The van der Waals surface area contributed by atoms with Crippen molar-refractivity contribution in [1.29, 1.82) is 0 Å². The van der Waals surface area contributed by atoms with Crippen LogP contribution in [0.15, 0.2) is 53.4 Å². The normalized spacial score (nSPS) is 16.5. The van der Waals surface area contributed by atoms with Gasteiger partial charge >= 0.3 is 0 Å². The number of aryl methyl sites for hydroxylation is 1. The molecule has 1 aliphatic rings. The minimum atomic E-state index is -3.57. The Morgan fingerprint density at radius 2 is 1.75 bits per heavy atom. The summed E-state index contributed by atoms with van der Waals surface area (Å²) >= 11 is 0. The van der Waals surface area contributed by atoms with E-state index >= 15 is 0 Å². The fourth-order valence-corrected chi connectivity index (χ4v) is 5.15. The zero-order valence-electron chi connectivity index (χ0n) is 16.5. The molecule has 0 radical (unpaired) electrons. The minimum Gasteiger partial charge on any atom is -0.345 e. The average molecular weight is 401 g/mol. The summed E-state index contributed by atoms with van der Waals surface area (Å²) in [5.74, 6) is -0.246. The van der Waals surface area contributed by atoms with Gasteiger partial charge in [0.1, 0.15) is 0 Å². The van der Waals surface area contributed by atoms with Gasteiger partial charge in [0.25, 0.3) is 5.91 Å². The van der Waals surface area contributed by atoms with Gasteiger partial charge in [-0.25, -0.2) is 8.42 Å². The van der Waals surface area contributed by atoms with Crippen LogP contribution in [-0.2, 0) is 10.0 Å². The van der Waals surface area contributed by atoms with Gasteiger partial charge < -0.3 is 5.32 Å². The Morgan fingerprint density at radius 3 is 2.39 bits per heavy atom. The van der Waals surface area contributed by atoms with Gasteiger partial charge in [0, 0.05) is 18.7 Å². The van der Waals surface area contributed by atoms with E-state index < -0.39 is 10.0 Å². The topological polar surface area (TPSA) is 66.5 Å². The molecule has 1 fully saturated rings. The number of carbonyl (C=O) groups excluding carboxylic acids is 1. The molecule has 0 aliphatic carbocycles. The number of carbonyl (C=O) groups is 1. The van der Waals surface area contributed by atoms with Crippen LogP contribution in [0.4, 0.5) is 0 Å². The summed E-state index contributed by atoms with van der Waals surface area (Å²) in [7, 11) is -3.57. The highest BCUT2D eigenvalue weighted by Gasteiger charge is 2.27. The van der Waals surface area contributed by atoms with Crippen LogP contribution >= 0.6 is 0 Å². The smallest absolute Gasteiger partial charge is 0.252 e. The molecular weight excluding hydrogens is 372 g/mol. The lowest BCUT2D eigenvalue weighted by atomic mass is 10.0. The lowest BCUT2D eigenvalue weighted by Crippen LogP contribution is -2.36. The molecule has 1 aliphatic heterocycles. The summed E-state index contributed by atoms with van der Waals surface area (Å²) in [5, 5.41) is 3.05. The highest BCUT2D eigenvalue weighted by molar-refractivity contribution is 7.89.